The highest BCUT2D eigenvalue weighted by Gasteiger charge is 2.51. The Morgan fingerprint density at radius 1 is 0.412 bits per heavy atom. The Bertz CT molecular complexity index is 3040. The van der Waals surface area contributed by atoms with E-state index in [1.54, 1.807) is 0 Å². The number of rotatable bonds is 2. The maximum atomic E-state index is 6.83. The zero-order valence-electron chi connectivity index (χ0n) is 27.6. The van der Waals surface area contributed by atoms with E-state index in [1.165, 1.54) is 66.4 Å². The smallest absolute Gasteiger partial charge is 0.160 e. The first-order valence-corrected chi connectivity index (χ1v) is 17.7. The summed E-state index contributed by atoms with van der Waals surface area (Å²) in [7, 11) is 0. The van der Waals surface area contributed by atoms with Crippen molar-refractivity contribution in [1.82, 2.24) is 4.57 Å². The molecule has 0 fully saturated rings. The first-order chi connectivity index (χ1) is 25.3. The molecule has 51 heavy (non-hydrogen) atoms. The Hall–Kier alpha value is -6.64. The van der Waals surface area contributed by atoms with Gasteiger partial charge in [-0.05, 0) is 86.0 Å². The molecule has 236 valence electrons. The number of fused-ring (bicyclic) bond motifs is 17. The Morgan fingerprint density at radius 2 is 0.980 bits per heavy atom. The molecule has 0 saturated heterocycles. The van der Waals surface area contributed by atoms with E-state index in [9.17, 15) is 0 Å². The quantitative estimate of drug-likeness (QED) is 0.183. The van der Waals surface area contributed by atoms with Crippen LogP contribution in [0, 0.1) is 0 Å². The van der Waals surface area contributed by atoms with Crippen LogP contribution in [0.25, 0.3) is 82.8 Å². The molecule has 0 saturated carbocycles. The number of para-hydroxylation sites is 2. The zero-order valence-corrected chi connectivity index (χ0v) is 27.6. The summed E-state index contributed by atoms with van der Waals surface area (Å²) in [6.45, 7) is 0. The molecule has 2 heteroatoms. The number of furan rings is 1. The van der Waals surface area contributed by atoms with E-state index in [4.69, 9.17) is 4.42 Å². The lowest BCUT2D eigenvalue weighted by atomic mass is 9.70. The molecule has 1 spiro atoms. The van der Waals surface area contributed by atoms with Crippen molar-refractivity contribution in [2.45, 2.75) is 5.41 Å². The number of hydrogen-bond donors (Lipinski definition) is 0. The van der Waals surface area contributed by atoms with Crippen LogP contribution in [0.1, 0.15) is 22.3 Å². The molecule has 0 N–H and O–H groups in total. The van der Waals surface area contributed by atoms with Crippen LogP contribution in [0.15, 0.2) is 180 Å². The average Bonchev–Trinajstić information content (AvgIpc) is 3.92. The van der Waals surface area contributed by atoms with Gasteiger partial charge in [0.1, 0.15) is 5.58 Å². The average molecular weight is 648 g/mol. The van der Waals surface area contributed by atoms with Crippen LogP contribution in [0.3, 0.4) is 0 Å². The molecular weight excluding hydrogens is 619 g/mol. The van der Waals surface area contributed by atoms with Crippen molar-refractivity contribution in [2.75, 3.05) is 0 Å². The van der Waals surface area contributed by atoms with Crippen molar-refractivity contribution in [2.24, 2.45) is 0 Å². The Morgan fingerprint density at radius 3 is 1.71 bits per heavy atom. The molecular formula is C49H29NO. The van der Waals surface area contributed by atoms with E-state index in [-0.39, 0.29) is 5.41 Å². The Kier molecular flexibility index (Phi) is 5.20. The third kappa shape index (κ3) is 3.32. The maximum absolute atomic E-state index is 6.83. The second kappa shape index (κ2) is 9.74. The van der Waals surface area contributed by atoms with E-state index in [0.717, 1.165) is 38.7 Å². The van der Waals surface area contributed by atoms with Gasteiger partial charge in [0, 0.05) is 27.2 Å². The first kappa shape index (κ1) is 27.2. The highest BCUT2D eigenvalue weighted by molar-refractivity contribution is 6.26. The molecule has 8 aromatic carbocycles. The monoisotopic (exact) mass is 647 g/mol. The molecule has 0 atom stereocenters. The minimum atomic E-state index is -0.370. The number of nitrogens with zero attached hydrogens (tertiary/aromatic N) is 1. The van der Waals surface area contributed by atoms with E-state index in [1.807, 2.05) is 0 Å². The molecule has 12 rings (SSSR count). The Labute approximate surface area is 294 Å². The molecule has 2 nitrogen and oxygen atoms in total. The lowest BCUT2D eigenvalue weighted by Crippen LogP contribution is -2.25. The van der Waals surface area contributed by atoms with Gasteiger partial charge >= 0.3 is 0 Å². The van der Waals surface area contributed by atoms with Gasteiger partial charge in [-0.25, -0.2) is 0 Å². The second-order valence-corrected chi connectivity index (χ2v) is 14.0. The predicted octanol–water partition coefficient (Wildman–Crippen LogP) is 12.7. The molecule has 0 aliphatic heterocycles. The van der Waals surface area contributed by atoms with Gasteiger partial charge < -0.3 is 8.98 Å². The molecule has 0 radical (unpaired) electrons. The van der Waals surface area contributed by atoms with Crippen molar-refractivity contribution in [3.05, 3.63) is 198 Å². The number of hydrogen-bond acceptors (Lipinski definition) is 1. The minimum absolute atomic E-state index is 0.370. The van der Waals surface area contributed by atoms with Gasteiger partial charge in [0.15, 0.2) is 5.58 Å². The van der Waals surface area contributed by atoms with Crippen LogP contribution in [-0.4, -0.2) is 4.57 Å². The highest BCUT2D eigenvalue weighted by atomic mass is 16.3. The standard InChI is InChI=1S/C49H29NO/c1-2-14-30(15-3-1)37-29-39-35-19-8-13-25-45(35)51-48(39)47-46(37)36-20-7-12-24-44(36)50(47)31-26-27-43-38(28-31)34-18-6-11-23-42(34)49(43)40-21-9-4-16-32(40)33-17-5-10-22-41(33)49/h1-29H. The summed E-state index contributed by atoms with van der Waals surface area (Å²) >= 11 is 0. The van der Waals surface area contributed by atoms with Crippen LogP contribution < -0.4 is 0 Å². The van der Waals surface area contributed by atoms with E-state index in [0.29, 0.717) is 0 Å². The SMILES string of the molecule is c1ccc(-c2cc3c4ccccc4oc3c3c2c2ccccc2n3-c2ccc3c(c2)-c2ccccc2C32c3ccccc3-c3ccccc32)cc1. The summed E-state index contributed by atoms with van der Waals surface area (Å²) in [5.41, 5.74) is 17.9. The predicted molar refractivity (Wildman–Crippen MR) is 210 cm³/mol. The second-order valence-electron chi connectivity index (χ2n) is 14.0. The van der Waals surface area contributed by atoms with Crippen molar-refractivity contribution in [3.63, 3.8) is 0 Å². The molecule has 2 aliphatic rings. The largest absolute Gasteiger partial charge is 0.454 e. The van der Waals surface area contributed by atoms with Gasteiger partial charge in [0.25, 0.3) is 0 Å². The van der Waals surface area contributed by atoms with Crippen molar-refractivity contribution in [3.8, 4) is 39.1 Å². The van der Waals surface area contributed by atoms with Gasteiger partial charge in [-0.2, -0.15) is 0 Å². The fraction of sp³-hybridized carbons (Fsp3) is 0.0204. The maximum Gasteiger partial charge on any atom is 0.160 e. The molecule has 0 unspecified atom stereocenters. The molecule has 2 aliphatic carbocycles. The Balaban J connectivity index is 1.22. The van der Waals surface area contributed by atoms with Crippen LogP contribution in [0.2, 0.25) is 0 Å². The summed E-state index contributed by atoms with van der Waals surface area (Å²) in [5.74, 6) is 0. The van der Waals surface area contributed by atoms with Crippen LogP contribution in [0.5, 0.6) is 0 Å². The van der Waals surface area contributed by atoms with Crippen LogP contribution in [-0.2, 0) is 5.41 Å². The highest BCUT2D eigenvalue weighted by Crippen LogP contribution is 2.63. The van der Waals surface area contributed by atoms with Gasteiger partial charge in [-0.15, -0.1) is 0 Å². The number of aromatic nitrogens is 1. The van der Waals surface area contributed by atoms with Gasteiger partial charge in [-0.3, -0.25) is 0 Å². The van der Waals surface area contributed by atoms with Gasteiger partial charge in [0.2, 0.25) is 0 Å². The first-order valence-electron chi connectivity index (χ1n) is 17.7. The third-order valence-electron chi connectivity index (χ3n) is 11.6. The fourth-order valence-electron chi connectivity index (χ4n) is 9.67. The summed E-state index contributed by atoms with van der Waals surface area (Å²) < 4.78 is 9.28. The normalized spacial score (nSPS) is 13.6. The van der Waals surface area contributed by atoms with E-state index in [2.05, 4.69) is 180 Å². The number of benzene rings is 8. The summed E-state index contributed by atoms with van der Waals surface area (Å²) in [4.78, 5) is 0. The lowest BCUT2D eigenvalue weighted by molar-refractivity contribution is 0.671. The lowest BCUT2D eigenvalue weighted by Gasteiger charge is -2.30. The topological polar surface area (TPSA) is 18.1 Å². The third-order valence-corrected chi connectivity index (χ3v) is 11.6. The van der Waals surface area contributed by atoms with Crippen LogP contribution >= 0.6 is 0 Å². The molecule has 2 heterocycles. The fourth-order valence-corrected chi connectivity index (χ4v) is 9.67. The minimum Gasteiger partial charge on any atom is -0.454 e. The molecule has 10 aromatic rings. The molecule has 2 aromatic heterocycles. The molecule has 0 bridgehead atoms. The summed E-state index contributed by atoms with van der Waals surface area (Å²) in [6.07, 6.45) is 0. The zero-order chi connectivity index (χ0) is 33.3. The van der Waals surface area contributed by atoms with Gasteiger partial charge in [-0.1, -0.05) is 146 Å². The van der Waals surface area contributed by atoms with Crippen molar-refractivity contribution in [1.29, 1.82) is 0 Å². The summed E-state index contributed by atoms with van der Waals surface area (Å²) in [6, 6.07) is 64.6. The summed E-state index contributed by atoms with van der Waals surface area (Å²) in [5, 5.41) is 4.68. The van der Waals surface area contributed by atoms with E-state index >= 15 is 0 Å². The van der Waals surface area contributed by atoms with Crippen molar-refractivity contribution >= 4 is 43.7 Å². The van der Waals surface area contributed by atoms with Crippen molar-refractivity contribution < 1.29 is 4.42 Å². The van der Waals surface area contributed by atoms with E-state index < -0.39 is 0 Å². The van der Waals surface area contributed by atoms with Gasteiger partial charge in [0.05, 0.1) is 16.4 Å². The molecule has 0 amide bonds. The van der Waals surface area contributed by atoms with Crippen LogP contribution in [0.4, 0.5) is 0 Å².